The third-order valence-electron chi connectivity index (χ3n) is 6.03. The van der Waals surface area contributed by atoms with Crippen molar-refractivity contribution in [2.24, 2.45) is 0 Å². The molecule has 2 unspecified atom stereocenters. The summed E-state index contributed by atoms with van der Waals surface area (Å²) in [4.78, 5) is 14.4. The first kappa shape index (κ1) is 21.7. The molecule has 1 aliphatic rings. The van der Waals surface area contributed by atoms with Crippen LogP contribution < -0.4 is 10.3 Å². The van der Waals surface area contributed by atoms with Gasteiger partial charge in [-0.3, -0.25) is 4.79 Å². The minimum Gasteiger partial charge on any atom is -0.507 e. The SMILES string of the molecule is CC1CCCC[NH+]1Cc1c(O)ccc2c(=O)c(-c3ccccc3Cl)c(C(F)(F)F)oc12. The molecule has 4 rings (SSSR count). The molecule has 31 heavy (non-hydrogen) atoms. The standard InChI is InChI=1S/C23H21ClF3NO3/c1-13-6-4-5-11-28(13)12-16-18(29)10-9-15-20(30)19(14-7-2-3-8-17(14)24)22(23(25,26)27)31-21(15)16/h2-3,7-10,13,29H,4-6,11-12H2,1H3/p+1. The minimum atomic E-state index is -4.92. The van der Waals surface area contributed by atoms with E-state index >= 15 is 0 Å². The molecule has 0 radical (unpaired) electrons. The van der Waals surface area contributed by atoms with E-state index in [1.54, 1.807) is 6.07 Å². The summed E-state index contributed by atoms with van der Waals surface area (Å²) in [5.74, 6) is -1.59. The van der Waals surface area contributed by atoms with E-state index in [0.717, 1.165) is 30.7 Å². The Morgan fingerprint density at radius 3 is 2.61 bits per heavy atom. The second-order valence-electron chi connectivity index (χ2n) is 8.03. The van der Waals surface area contributed by atoms with E-state index in [0.29, 0.717) is 6.04 Å². The number of hydrogen-bond donors (Lipinski definition) is 2. The van der Waals surface area contributed by atoms with Gasteiger partial charge in [-0.1, -0.05) is 29.8 Å². The molecular weight excluding hydrogens is 431 g/mol. The van der Waals surface area contributed by atoms with Gasteiger partial charge >= 0.3 is 6.18 Å². The Morgan fingerprint density at radius 1 is 1.19 bits per heavy atom. The number of fused-ring (bicyclic) bond motifs is 1. The summed E-state index contributed by atoms with van der Waals surface area (Å²) in [6.07, 6.45) is -1.83. The van der Waals surface area contributed by atoms with Gasteiger partial charge in [0.1, 0.15) is 12.3 Å². The number of aromatic hydroxyl groups is 1. The molecule has 0 spiro atoms. The highest BCUT2D eigenvalue weighted by atomic mass is 35.5. The maximum atomic E-state index is 14.0. The fourth-order valence-corrected chi connectivity index (χ4v) is 4.56. The summed E-state index contributed by atoms with van der Waals surface area (Å²) in [5, 5.41) is 10.5. The van der Waals surface area contributed by atoms with Gasteiger partial charge in [0.15, 0.2) is 5.58 Å². The van der Waals surface area contributed by atoms with Crippen LogP contribution in [0.4, 0.5) is 13.2 Å². The van der Waals surface area contributed by atoms with Gasteiger partial charge in [0.25, 0.3) is 0 Å². The van der Waals surface area contributed by atoms with Crippen molar-refractivity contribution in [3.05, 3.63) is 63.0 Å². The van der Waals surface area contributed by atoms with Crippen LogP contribution in [-0.4, -0.2) is 17.7 Å². The normalized spacial score (nSPS) is 19.6. The predicted octanol–water partition coefficient (Wildman–Crippen LogP) is 4.80. The van der Waals surface area contributed by atoms with Gasteiger partial charge in [0.2, 0.25) is 11.2 Å². The van der Waals surface area contributed by atoms with Crippen molar-refractivity contribution in [3.63, 3.8) is 0 Å². The zero-order chi connectivity index (χ0) is 22.3. The Bertz CT molecular complexity index is 1190. The largest absolute Gasteiger partial charge is 0.507 e. The minimum absolute atomic E-state index is 0.0141. The molecule has 0 bridgehead atoms. The van der Waals surface area contributed by atoms with Crippen LogP contribution in [0.5, 0.6) is 5.75 Å². The lowest BCUT2D eigenvalue weighted by Gasteiger charge is -2.30. The Labute approximate surface area is 181 Å². The summed E-state index contributed by atoms with van der Waals surface area (Å²) in [6, 6.07) is 8.79. The number of hydrogen-bond acceptors (Lipinski definition) is 3. The first-order valence-corrected chi connectivity index (χ1v) is 10.5. The van der Waals surface area contributed by atoms with Crippen LogP contribution >= 0.6 is 11.6 Å². The van der Waals surface area contributed by atoms with Gasteiger partial charge in [-0.05, 0) is 44.4 Å². The van der Waals surface area contributed by atoms with Crippen molar-refractivity contribution >= 4 is 22.6 Å². The smallest absolute Gasteiger partial charge is 0.450 e. The molecule has 1 saturated heterocycles. The van der Waals surface area contributed by atoms with Crippen LogP contribution in [0.25, 0.3) is 22.1 Å². The van der Waals surface area contributed by atoms with Crippen LogP contribution in [0.15, 0.2) is 45.6 Å². The second-order valence-corrected chi connectivity index (χ2v) is 8.44. The van der Waals surface area contributed by atoms with E-state index in [-0.39, 0.29) is 39.4 Å². The van der Waals surface area contributed by atoms with E-state index < -0.39 is 22.9 Å². The Kier molecular flexibility index (Phi) is 5.75. The van der Waals surface area contributed by atoms with Gasteiger partial charge in [-0.25, -0.2) is 0 Å². The van der Waals surface area contributed by atoms with E-state index in [1.165, 1.54) is 30.3 Å². The highest BCUT2D eigenvalue weighted by Crippen LogP contribution is 2.40. The van der Waals surface area contributed by atoms with Gasteiger partial charge in [-0.2, -0.15) is 13.2 Å². The lowest BCUT2D eigenvalue weighted by molar-refractivity contribution is -0.941. The van der Waals surface area contributed by atoms with Crippen molar-refractivity contribution < 1.29 is 27.6 Å². The molecule has 3 aromatic rings. The Hall–Kier alpha value is -2.51. The van der Waals surface area contributed by atoms with E-state index in [1.807, 2.05) is 0 Å². The lowest BCUT2D eigenvalue weighted by Crippen LogP contribution is -3.14. The van der Waals surface area contributed by atoms with Crippen molar-refractivity contribution in [1.82, 2.24) is 0 Å². The molecule has 2 atom stereocenters. The fourth-order valence-electron chi connectivity index (χ4n) is 4.33. The first-order chi connectivity index (χ1) is 14.7. The van der Waals surface area contributed by atoms with E-state index in [2.05, 4.69) is 6.92 Å². The average Bonchev–Trinajstić information content (AvgIpc) is 2.71. The molecule has 0 aliphatic carbocycles. The molecular formula is C23H22ClF3NO3+. The van der Waals surface area contributed by atoms with Gasteiger partial charge in [-0.15, -0.1) is 0 Å². The highest BCUT2D eigenvalue weighted by molar-refractivity contribution is 6.33. The average molecular weight is 453 g/mol. The summed E-state index contributed by atoms with van der Waals surface area (Å²) in [7, 11) is 0. The van der Waals surface area contributed by atoms with Crippen molar-refractivity contribution in [3.8, 4) is 16.9 Å². The summed E-state index contributed by atoms with van der Waals surface area (Å²) in [6.45, 7) is 3.19. The molecule has 1 aromatic heterocycles. The van der Waals surface area contributed by atoms with Crippen molar-refractivity contribution in [2.45, 2.75) is 44.9 Å². The molecule has 4 nitrogen and oxygen atoms in total. The number of halogens is 4. The zero-order valence-corrected chi connectivity index (χ0v) is 17.6. The number of alkyl halides is 3. The van der Waals surface area contributed by atoms with Gasteiger partial charge < -0.3 is 14.4 Å². The monoisotopic (exact) mass is 452 g/mol. The molecule has 2 aromatic carbocycles. The number of quaternary nitrogens is 1. The van der Waals surface area contributed by atoms with Crippen molar-refractivity contribution in [1.29, 1.82) is 0 Å². The van der Waals surface area contributed by atoms with Crippen LogP contribution in [0.3, 0.4) is 0 Å². The number of nitrogens with one attached hydrogen (secondary N) is 1. The number of benzene rings is 2. The molecule has 1 fully saturated rings. The summed E-state index contributed by atoms with van der Waals surface area (Å²) >= 11 is 6.11. The maximum Gasteiger partial charge on any atom is 0.450 e. The predicted molar refractivity (Wildman–Crippen MR) is 112 cm³/mol. The fraction of sp³-hybridized carbons (Fsp3) is 0.348. The molecule has 2 N–H and O–H groups in total. The zero-order valence-electron chi connectivity index (χ0n) is 16.9. The van der Waals surface area contributed by atoms with Crippen LogP contribution in [-0.2, 0) is 12.7 Å². The molecule has 1 aliphatic heterocycles. The van der Waals surface area contributed by atoms with E-state index in [9.17, 15) is 23.1 Å². The first-order valence-electron chi connectivity index (χ1n) is 10.2. The third kappa shape index (κ3) is 4.04. The Morgan fingerprint density at radius 2 is 1.94 bits per heavy atom. The number of phenols is 1. The van der Waals surface area contributed by atoms with E-state index in [4.69, 9.17) is 16.0 Å². The lowest BCUT2D eigenvalue weighted by atomic mass is 9.99. The van der Waals surface area contributed by atoms with Crippen LogP contribution in [0.1, 0.15) is 37.5 Å². The number of piperidine rings is 1. The molecule has 8 heteroatoms. The number of phenolic OH excluding ortho intramolecular Hbond substituents is 1. The summed E-state index contributed by atoms with van der Waals surface area (Å²) < 4.78 is 47.3. The Balaban J connectivity index is 1.99. The van der Waals surface area contributed by atoms with Gasteiger partial charge in [0, 0.05) is 10.6 Å². The molecule has 0 amide bonds. The number of rotatable bonds is 3. The second kappa shape index (κ2) is 8.20. The molecule has 0 saturated carbocycles. The van der Waals surface area contributed by atoms with Gasteiger partial charge in [0.05, 0.1) is 29.1 Å². The topological polar surface area (TPSA) is 54.9 Å². The molecule has 2 heterocycles. The van der Waals surface area contributed by atoms with Crippen LogP contribution in [0, 0.1) is 0 Å². The summed E-state index contributed by atoms with van der Waals surface area (Å²) in [5.41, 5.74) is -1.50. The maximum absolute atomic E-state index is 14.0. The third-order valence-corrected chi connectivity index (χ3v) is 6.35. The highest BCUT2D eigenvalue weighted by Gasteiger charge is 2.40. The quantitative estimate of drug-likeness (QED) is 0.600. The number of likely N-dealkylation sites (tertiary alicyclic amines) is 1. The molecule has 164 valence electrons. The van der Waals surface area contributed by atoms with Crippen molar-refractivity contribution in [2.75, 3.05) is 6.54 Å². The van der Waals surface area contributed by atoms with Crippen LogP contribution in [0.2, 0.25) is 5.02 Å².